The highest BCUT2D eigenvalue weighted by molar-refractivity contribution is 4.53. The minimum Gasteiger partial charge on any atom is -0.379 e. The quantitative estimate of drug-likeness (QED) is 0.435. The Kier molecular flexibility index (Phi) is 17.7. The molecular formula is C15H36N2O4. The van der Waals surface area contributed by atoms with Gasteiger partial charge in [-0.05, 0) is 40.0 Å². The summed E-state index contributed by atoms with van der Waals surface area (Å²) in [5.74, 6) is 0. The summed E-state index contributed by atoms with van der Waals surface area (Å²) < 4.78 is 10.6. The molecule has 0 saturated heterocycles. The molecular weight excluding hydrogens is 272 g/mol. The number of rotatable bonds is 11. The molecule has 130 valence electrons. The van der Waals surface area contributed by atoms with Crippen LogP contribution in [0.25, 0.3) is 0 Å². The molecule has 0 aromatic rings. The van der Waals surface area contributed by atoms with Crippen LogP contribution in [-0.2, 0) is 9.47 Å². The van der Waals surface area contributed by atoms with E-state index < -0.39 is 12.5 Å². The second-order valence-corrected chi connectivity index (χ2v) is 4.81. The molecule has 0 rings (SSSR count). The Hall–Kier alpha value is -0.240. The summed E-state index contributed by atoms with van der Waals surface area (Å²) in [4.78, 5) is 0. The standard InChI is InChI=1S/C8H19NO2.C7H17NO2/c1-4-6-11-8(5-2)9-7(3)10;1-4-7(10-5-2)8-6(3)9/h7-10H,4-6H2,1-3H3;6-9H,4-5H2,1-3H3. The molecule has 4 atom stereocenters. The molecule has 6 nitrogen and oxygen atoms in total. The highest BCUT2D eigenvalue weighted by Crippen LogP contribution is 1.95. The van der Waals surface area contributed by atoms with Crippen molar-refractivity contribution in [3.8, 4) is 0 Å². The summed E-state index contributed by atoms with van der Waals surface area (Å²) in [5.41, 5.74) is 0. The monoisotopic (exact) mass is 308 g/mol. The molecule has 0 amide bonds. The average molecular weight is 308 g/mol. The fourth-order valence-electron chi connectivity index (χ4n) is 1.57. The zero-order chi connectivity index (χ0) is 16.7. The molecule has 6 heteroatoms. The Balaban J connectivity index is 0. The topological polar surface area (TPSA) is 83.0 Å². The lowest BCUT2D eigenvalue weighted by Crippen LogP contribution is -2.37. The third-order valence-corrected chi connectivity index (χ3v) is 2.49. The van der Waals surface area contributed by atoms with Crippen molar-refractivity contribution < 1.29 is 19.7 Å². The van der Waals surface area contributed by atoms with Gasteiger partial charge < -0.3 is 19.7 Å². The average Bonchev–Trinajstić information content (AvgIpc) is 2.42. The van der Waals surface area contributed by atoms with E-state index in [0.29, 0.717) is 6.61 Å². The van der Waals surface area contributed by atoms with Gasteiger partial charge in [-0.1, -0.05) is 20.8 Å². The van der Waals surface area contributed by atoms with Crippen LogP contribution in [0.1, 0.15) is 60.8 Å². The van der Waals surface area contributed by atoms with Crippen molar-refractivity contribution in [2.24, 2.45) is 0 Å². The number of ether oxygens (including phenoxy) is 2. The first-order valence-electron chi connectivity index (χ1n) is 8.02. The number of aliphatic hydroxyl groups excluding tert-OH is 2. The van der Waals surface area contributed by atoms with E-state index in [9.17, 15) is 0 Å². The summed E-state index contributed by atoms with van der Waals surface area (Å²) in [5, 5.41) is 23.6. The minimum absolute atomic E-state index is 0.00468. The Morgan fingerprint density at radius 1 is 0.810 bits per heavy atom. The molecule has 0 bridgehead atoms. The van der Waals surface area contributed by atoms with Crippen LogP contribution in [0.4, 0.5) is 0 Å². The highest BCUT2D eigenvalue weighted by Gasteiger charge is 2.06. The molecule has 0 aromatic heterocycles. The number of hydrogen-bond donors (Lipinski definition) is 4. The summed E-state index contributed by atoms with van der Waals surface area (Å²) >= 11 is 0. The predicted octanol–water partition coefficient (Wildman–Crippen LogP) is 1.76. The van der Waals surface area contributed by atoms with Crippen molar-refractivity contribution in [3.63, 3.8) is 0 Å². The van der Waals surface area contributed by atoms with E-state index in [1.165, 1.54) is 0 Å². The third kappa shape index (κ3) is 17.7. The Labute approximate surface area is 130 Å². The highest BCUT2D eigenvalue weighted by atomic mass is 16.5. The lowest BCUT2D eigenvalue weighted by atomic mass is 10.4. The predicted molar refractivity (Wildman–Crippen MR) is 85.7 cm³/mol. The normalized spacial score (nSPS) is 16.6. The maximum Gasteiger partial charge on any atom is 0.109 e. The first-order chi connectivity index (χ1) is 9.90. The van der Waals surface area contributed by atoms with E-state index in [2.05, 4.69) is 17.6 Å². The first kappa shape index (κ1) is 23.0. The maximum atomic E-state index is 8.96. The van der Waals surface area contributed by atoms with Gasteiger partial charge in [-0.3, -0.25) is 10.6 Å². The summed E-state index contributed by atoms with van der Waals surface area (Å²) in [7, 11) is 0. The van der Waals surface area contributed by atoms with Gasteiger partial charge in [0.1, 0.15) is 24.9 Å². The minimum atomic E-state index is -0.489. The molecule has 0 heterocycles. The van der Waals surface area contributed by atoms with Gasteiger partial charge in [-0.25, -0.2) is 0 Å². The van der Waals surface area contributed by atoms with Gasteiger partial charge in [0, 0.05) is 13.2 Å². The number of nitrogens with one attached hydrogen (secondary N) is 2. The second kappa shape index (κ2) is 16.1. The zero-order valence-electron chi connectivity index (χ0n) is 14.6. The summed E-state index contributed by atoms with van der Waals surface area (Å²) in [6, 6.07) is 0. The third-order valence-electron chi connectivity index (χ3n) is 2.49. The maximum absolute atomic E-state index is 8.96. The molecule has 0 aliphatic rings. The molecule has 0 radical (unpaired) electrons. The summed E-state index contributed by atoms with van der Waals surface area (Å²) in [6.07, 6.45) is 1.77. The van der Waals surface area contributed by atoms with Crippen molar-refractivity contribution in [2.45, 2.75) is 85.7 Å². The lowest BCUT2D eigenvalue weighted by Gasteiger charge is -2.18. The van der Waals surface area contributed by atoms with E-state index in [4.69, 9.17) is 19.7 Å². The smallest absolute Gasteiger partial charge is 0.109 e. The lowest BCUT2D eigenvalue weighted by molar-refractivity contribution is -0.0114. The fourth-order valence-corrected chi connectivity index (χ4v) is 1.57. The Morgan fingerprint density at radius 3 is 1.52 bits per heavy atom. The van der Waals surface area contributed by atoms with Crippen LogP contribution >= 0.6 is 0 Å². The van der Waals surface area contributed by atoms with Crippen LogP contribution in [0.5, 0.6) is 0 Å². The van der Waals surface area contributed by atoms with Crippen LogP contribution in [0.2, 0.25) is 0 Å². The van der Waals surface area contributed by atoms with Crippen LogP contribution in [-0.4, -0.2) is 48.3 Å². The fraction of sp³-hybridized carbons (Fsp3) is 1.00. The molecule has 0 aliphatic carbocycles. The van der Waals surface area contributed by atoms with E-state index >= 15 is 0 Å². The first-order valence-corrected chi connectivity index (χ1v) is 8.02. The van der Waals surface area contributed by atoms with E-state index in [0.717, 1.165) is 25.9 Å². The molecule has 0 aliphatic heterocycles. The van der Waals surface area contributed by atoms with Crippen molar-refractivity contribution in [1.82, 2.24) is 10.6 Å². The Bertz CT molecular complexity index is 204. The van der Waals surface area contributed by atoms with E-state index in [1.54, 1.807) is 13.8 Å². The van der Waals surface area contributed by atoms with Crippen molar-refractivity contribution in [3.05, 3.63) is 0 Å². The molecule has 0 aromatic carbocycles. The van der Waals surface area contributed by atoms with Gasteiger partial charge in [-0.2, -0.15) is 0 Å². The molecule has 0 saturated carbocycles. The van der Waals surface area contributed by atoms with Gasteiger partial charge in [-0.15, -0.1) is 0 Å². The van der Waals surface area contributed by atoms with E-state index in [1.807, 2.05) is 20.8 Å². The van der Waals surface area contributed by atoms with Gasteiger partial charge in [0.15, 0.2) is 0 Å². The SMILES string of the molecule is CCCOC(CC)NC(C)O.CCOC(CC)NC(C)O. The van der Waals surface area contributed by atoms with Crippen LogP contribution in [0.3, 0.4) is 0 Å². The largest absolute Gasteiger partial charge is 0.379 e. The number of aliphatic hydroxyl groups is 2. The molecule has 4 unspecified atom stereocenters. The van der Waals surface area contributed by atoms with Crippen LogP contribution in [0, 0.1) is 0 Å². The molecule has 4 N–H and O–H groups in total. The van der Waals surface area contributed by atoms with Crippen molar-refractivity contribution >= 4 is 0 Å². The van der Waals surface area contributed by atoms with Gasteiger partial charge in [0.2, 0.25) is 0 Å². The second-order valence-electron chi connectivity index (χ2n) is 4.81. The van der Waals surface area contributed by atoms with Gasteiger partial charge >= 0.3 is 0 Å². The van der Waals surface area contributed by atoms with Crippen LogP contribution < -0.4 is 10.6 Å². The zero-order valence-corrected chi connectivity index (χ0v) is 14.6. The van der Waals surface area contributed by atoms with Crippen LogP contribution in [0.15, 0.2) is 0 Å². The molecule has 0 spiro atoms. The van der Waals surface area contributed by atoms with Crippen molar-refractivity contribution in [2.75, 3.05) is 13.2 Å². The molecule has 0 fully saturated rings. The Morgan fingerprint density at radius 2 is 1.24 bits per heavy atom. The van der Waals surface area contributed by atoms with Crippen molar-refractivity contribution in [1.29, 1.82) is 0 Å². The van der Waals surface area contributed by atoms with E-state index in [-0.39, 0.29) is 12.5 Å². The number of hydrogen-bond acceptors (Lipinski definition) is 6. The van der Waals surface area contributed by atoms with Gasteiger partial charge in [0.05, 0.1) is 0 Å². The summed E-state index contributed by atoms with van der Waals surface area (Å²) in [6.45, 7) is 12.8. The van der Waals surface area contributed by atoms with Gasteiger partial charge in [0.25, 0.3) is 0 Å². The molecule has 21 heavy (non-hydrogen) atoms.